The number of pyridine rings is 1. The molecule has 2 N–H and O–H groups in total. The third-order valence-electron chi connectivity index (χ3n) is 3.56. The SMILES string of the molecule is N#Cc1c(-c2ccc(Cl)cc2Cl)cc(-c2ccccc2O)[nH]c1=O. The largest absolute Gasteiger partial charge is 0.507 e. The lowest BCUT2D eigenvalue weighted by molar-refractivity contribution is 0.477. The van der Waals surface area contributed by atoms with Gasteiger partial charge in [-0.3, -0.25) is 4.79 Å². The van der Waals surface area contributed by atoms with Crippen LogP contribution in [0.25, 0.3) is 22.4 Å². The second kappa shape index (κ2) is 6.40. The van der Waals surface area contributed by atoms with Crippen molar-refractivity contribution in [3.8, 4) is 34.2 Å². The van der Waals surface area contributed by atoms with E-state index in [9.17, 15) is 15.2 Å². The molecule has 0 atom stereocenters. The number of rotatable bonds is 2. The van der Waals surface area contributed by atoms with Gasteiger partial charge in [0, 0.05) is 26.7 Å². The minimum atomic E-state index is -0.556. The summed E-state index contributed by atoms with van der Waals surface area (Å²) in [7, 11) is 0. The molecule has 2 aromatic carbocycles. The van der Waals surface area contributed by atoms with E-state index in [1.54, 1.807) is 42.5 Å². The lowest BCUT2D eigenvalue weighted by Gasteiger charge is -2.10. The van der Waals surface area contributed by atoms with Crippen LogP contribution in [0.3, 0.4) is 0 Å². The van der Waals surface area contributed by atoms with Crippen LogP contribution >= 0.6 is 23.2 Å². The average molecular weight is 357 g/mol. The molecule has 118 valence electrons. The summed E-state index contributed by atoms with van der Waals surface area (Å²) in [5, 5.41) is 20.1. The number of aromatic nitrogens is 1. The minimum absolute atomic E-state index is 0.0195. The summed E-state index contributed by atoms with van der Waals surface area (Å²) < 4.78 is 0. The maximum atomic E-state index is 12.3. The van der Waals surface area contributed by atoms with E-state index in [2.05, 4.69) is 4.98 Å². The second-order valence-corrected chi connectivity index (χ2v) is 5.90. The van der Waals surface area contributed by atoms with E-state index in [1.807, 2.05) is 6.07 Å². The maximum Gasteiger partial charge on any atom is 0.266 e. The highest BCUT2D eigenvalue weighted by Crippen LogP contribution is 2.34. The molecule has 0 saturated carbocycles. The molecular weight excluding hydrogens is 347 g/mol. The number of hydrogen-bond donors (Lipinski definition) is 2. The lowest BCUT2D eigenvalue weighted by Crippen LogP contribution is -2.12. The fraction of sp³-hybridized carbons (Fsp3) is 0. The Labute approximate surface area is 147 Å². The van der Waals surface area contributed by atoms with Crippen molar-refractivity contribution in [2.75, 3.05) is 0 Å². The Morgan fingerprint density at radius 2 is 1.75 bits per heavy atom. The molecule has 0 unspecified atom stereocenters. The van der Waals surface area contributed by atoms with Crippen molar-refractivity contribution in [2.45, 2.75) is 0 Å². The number of nitrogens with zero attached hydrogens (tertiary/aromatic N) is 1. The van der Waals surface area contributed by atoms with Crippen molar-refractivity contribution < 1.29 is 5.11 Å². The van der Waals surface area contributed by atoms with Crippen molar-refractivity contribution in [3.63, 3.8) is 0 Å². The third-order valence-corrected chi connectivity index (χ3v) is 4.11. The highest BCUT2D eigenvalue weighted by molar-refractivity contribution is 6.36. The highest BCUT2D eigenvalue weighted by Gasteiger charge is 2.16. The molecule has 4 nitrogen and oxygen atoms in total. The summed E-state index contributed by atoms with van der Waals surface area (Å²) in [4.78, 5) is 14.9. The van der Waals surface area contributed by atoms with E-state index in [1.165, 1.54) is 6.07 Å². The van der Waals surface area contributed by atoms with Crippen LogP contribution in [0.5, 0.6) is 5.75 Å². The molecule has 1 aromatic heterocycles. The molecule has 0 bridgehead atoms. The van der Waals surface area contributed by atoms with Crippen LogP contribution in [0, 0.1) is 11.3 Å². The first-order valence-corrected chi connectivity index (χ1v) is 7.68. The van der Waals surface area contributed by atoms with E-state index in [-0.39, 0.29) is 11.3 Å². The molecule has 0 radical (unpaired) electrons. The van der Waals surface area contributed by atoms with Crippen LogP contribution in [-0.4, -0.2) is 10.1 Å². The molecule has 0 fully saturated rings. The second-order valence-electron chi connectivity index (χ2n) is 5.05. The van der Waals surface area contributed by atoms with Crippen molar-refractivity contribution >= 4 is 23.2 Å². The van der Waals surface area contributed by atoms with Gasteiger partial charge in [-0.1, -0.05) is 41.4 Å². The Balaban J connectivity index is 2.32. The molecule has 24 heavy (non-hydrogen) atoms. The summed E-state index contributed by atoms with van der Waals surface area (Å²) in [6.45, 7) is 0. The van der Waals surface area contributed by atoms with Gasteiger partial charge in [0.05, 0.1) is 5.69 Å². The van der Waals surface area contributed by atoms with Gasteiger partial charge < -0.3 is 10.1 Å². The van der Waals surface area contributed by atoms with Gasteiger partial charge in [0.15, 0.2) is 0 Å². The number of phenolic OH excluding ortho intramolecular Hbond substituents is 1. The Morgan fingerprint density at radius 1 is 1.00 bits per heavy atom. The molecule has 0 aliphatic carbocycles. The zero-order valence-electron chi connectivity index (χ0n) is 12.2. The summed E-state index contributed by atoms with van der Waals surface area (Å²) in [6, 6.07) is 14.9. The number of phenols is 1. The van der Waals surface area contributed by atoms with Crippen LogP contribution in [0.15, 0.2) is 53.3 Å². The van der Waals surface area contributed by atoms with Crippen LogP contribution in [0.4, 0.5) is 0 Å². The number of H-pyrrole nitrogens is 1. The van der Waals surface area contributed by atoms with Gasteiger partial charge in [0.2, 0.25) is 0 Å². The topological polar surface area (TPSA) is 76.9 Å². The smallest absolute Gasteiger partial charge is 0.266 e. The third kappa shape index (κ3) is 2.88. The van der Waals surface area contributed by atoms with Gasteiger partial charge in [0.1, 0.15) is 17.4 Å². The Kier molecular flexibility index (Phi) is 4.30. The van der Waals surface area contributed by atoms with E-state index in [4.69, 9.17) is 23.2 Å². The first kappa shape index (κ1) is 16.1. The van der Waals surface area contributed by atoms with Gasteiger partial charge in [0.25, 0.3) is 5.56 Å². The molecule has 6 heteroatoms. The molecule has 3 aromatic rings. The van der Waals surface area contributed by atoms with Crippen LogP contribution in [0.2, 0.25) is 10.0 Å². The van der Waals surface area contributed by atoms with Gasteiger partial charge in [-0.2, -0.15) is 5.26 Å². The summed E-state index contributed by atoms with van der Waals surface area (Å²) in [6.07, 6.45) is 0. The van der Waals surface area contributed by atoms with Crippen LogP contribution in [0.1, 0.15) is 5.56 Å². The number of halogens is 2. The first-order valence-electron chi connectivity index (χ1n) is 6.92. The number of aromatic amines is 1. The molecule has 3 rings (SSSR count). The van der Waals surface area contributed by atoms with Crippen molar-refractivity contribution in [2.24, 2.45) is 0 Å². The fourth-order valence-electron chi connectivity index (χ4n) is 2.44. The quantitative estimate of drug-likeness (QED) is 0.704. The standard InChI is InChI=1S/C18H10Cl2N2O2/c19-10-5-6-11(15(20)7-10)13-8-16(22-18(24)14(13)9-21)12-3-1-2-4-17(12)23/h1-8,23H,(H,22,24). The predicted molar refractivity (Wildman–Crippen MR) is 94.3 cm³/mol. The van der Waals surface area contributed by atoms with E-state index < -0.39 is 5.56 Å². The number of hydrogen-bond acceptors (Lipinski definition) is 3. The molecule has 0 amide bonds. The summed E-state index contributed by atoms with van der Waals surface area (Å²) in [5.74, 6) is 0.0195. The predicted octanol–water partition coefficient (Wildman–Crippen LogP) is 4.59. The van der Waals surface area contributed by atoms with Crippen molar-refractivity contribution in [1.82, 2.24) is 4.98 Å². The van der Waals surface area contributed by atoms with E-state index >= 15 is 0 Å². The zero-order valence-corrected chi connectivity index (χ0v) is 13.7. The van der Waals surface area contributed by atoms with Crippen molar-refractivity contribution in [3.05, 3.63) is 74.5 Å². The Morgan fingerprint density at radius 3 is 2.42 bits per heavy atom. The Hall–Kier alpha value is -2.74. The maximum absolute atomic E-state index is 12.3. The van der Waals surface area contributed by atoms with E-state index in [0.717, 1.165) is 0 Å². The normalized spacial score (nSPS) is 10.4. The number of para-hydroxylation sites is 1. The van der Waals surface area contributed by atoms with Gasteiger partial charge in [-0.25, -0.2) is 0 Å². The summed E-state index contributed by atoms with van der Waals surface area (Å²) in [5.41, 5.74) is 1.11. The molecule has 0 spiro atoms. The fourth-order valence-corrected chi connectivity index (χ4v) is 2.95. The van der Waals surface area contributed by atoms with Crippen LogP contribution in [-0.2, 0) is 0 Å². The lowest BCUT2D eigenvalue weighted by atomic mass is 9.99. The first-order chi connectivity index (χ1) is 11.5. The van der Waals surface area contributed by atoms with Gasteiger partial charge in [-0.05, 0) is 30.3 Å². The molecular formula is C18H10Cl2N2O2. The summed E-state index contributed by atoms with van der Waals surface area (Å²) >= 11 is 12.1. The molecule has 0 aliphatic heterocycles. The minimum Gasteiger partial charge on any atom is -0.507 e. The zero-order chi connectivity index (χ0) is 17.3. The number of nitriles is 1. The van der Waals surface area contributed by atoms with Gasteiger partial charge >= 0.3 is 0 Å². The number of aromatic hydroxyl groups is 1. The molecule has 0 aliphatic rings. The van der Waals surface area contributed by atoms with Gasteiger partial charge in [-0.15, -0.1) is 0 Å². The number of nitrogens with one attached hydrogen (secondary N) is 1. The monoisotopic (exact) mass is 356 g/mol. The van der Waals surface area contributed by atoms with Crippen molar-refractivity contribution in [1.29, 1.82) is 5.26 Å². The number of benzene rings is 2. The highest BCUT2D eigenvalue weighted by atomic mass is 35.5. The molecule has 0 saturated heterocycles. The Bertz CT molecular complexity index is 1040. The molecule has 1 heterocycles. The van der Waals surface area contributed by atoms with E-state index in [0.29, 0.717) is 32.4 Å². The van der Waals surface area contributed by atoms with Crippen LogP contribution < -0.4 is 5.56 Å². The average Bonchev–Trinajstić information content (AvgIpc) is 2.54.